The summed E-state index contributed by atoms with van der Waals surface area (Å²) in [6.45, 7) is 0. The molecule has 0 atom stereocenters. The molecule has 0 bridgehead atoms. The van der Waals surface area contributed by atoms with Gasteiger partial charge in [-0.2, -0.15) is 0 Å². The summed E-state index contributed by atoms with van der Waals surface area (Å²) in [6, 6.07) is 0. The Bertz CT molecular complexity index is 190. The van der Waals surface area contributed by atoms with Crippen molar-refractivity contribution in [3.8, 4) is 0 Å². The lowest BCUT2D eigenvalue weighted by atomic mass is 9.65. The first-order valence-electron chi connectivity index (χ1n) is 6.92. The zero-order valence-electron chi connectivity index (χ0n) is 9.43. The van der Waals surface area contributed by atoms with Crippen LogP contribution in [0, 0.1) is 17.3 Å². The Balaban J connectivity index is 1.76. The van der Waals surface area contributed by atoms with E-state index in [-0.39, 0.29) is 0 Å². The van der Waals surface area contributed by atoms with Crippen LogP contribution in [-0.4, -0.2) is 0 Å². The first kappa shape index (κ1) is 9.24. The van der Waals surface area contributed by atoms with Crippen LogP contribution in [0.25, 0.3) is 0 Å². The summed E-state index contributed by atoms with van der Waals surface area (Å²) in [5.74, 6) is 2.32. The maximum Gasteiger partial charge on any atom is -0.0241 e. The Morgan fingerprint density at radius 1 is 0.571 bits per heavy atom. The van der Waals surface area contributed by atoms with Crippen molar-refractivity contribution in [1.29, 1.82) is 0 Å². The van der Waals surface area contributed by atoms with Crippen LogP contribution < -0.4 is 0 Å². The quantitative estimate of drug-likeness (QED) is 0.602. The Labute approximate surface area is 88.5 Å². The van der Waals surface area contributed by atoms with E-state index < -0.39 is 0 Å². The molecule has 0 heteroatoms. The molecule has 0 aromatic rings. The molecule has 0 aliphatic heterocycles. The topological polar surface area (TPSA) is 0 Å². The lowest BCUT2D eigenvalue weighted by Crippen LogP contribution is -2.31. The van der Waals surface area contributed by atoms with Gasteiger partial charge in [0.1, 0.15) is 0 Å². The second-order valence-electron chi connectivity index (χ2n) is 6.05. The van der Waals surface area contributed by atoms with Gasteiger partial charge in [0.2, 0.25) is 0 Å². The van der Waals surface area contributed by atoms with Gasteiger partial charge in [-0.05, 0) is 55.8 Å². The van der Waals surface area contributed by atoms with E-state index in [1.54, 1.807) is 64.2 Å². The number of hydrogen-bond acceptors (Lipinski definition) is 0. The highest BCUT2D eigenvalue weighted by atomic mass is 14.6. The third-order valence-corrected chi connectivity index (χ3v) is 5.34. The van der Waals surface area contributed by atoms with Crippen LogP contribution in [0.1, 0.15) is 70.6 Å². The highest BCUT2D eigenvalue weighted by molar-refractivity contribution is 5.01. The summed E-state index contributed by atoms with van der Waals surface area (Å²) in [5, 5.41) is 0. The van der Waals surface area contributed by atoms with E-state index in [0.717, 1.165) is 11.3 Å². The minimum Gasteiger partial charge on any atom is -0.0533 e. The van der Waals surface area contributed by atoms with Gasteiger partial charge in [0.15, 0.2) is 0 Å². The van der Waals surface area contributed by atoms with Gasteiger partial charge in [-0.15, -0.1) is 0 Å². The molecule has 0 unspecified atom stereocenters. The van der Waals surface area contributed by atoms with Crippen LogP contribution in [0.3, 0.4) is 0 Å². The molecule has 0 amide bonds. The van der Waals surface area contributed by atoms with Gasteiger partial charge in [0, 0.05) is 0 Å². The van der Waals surface area contributed by atoms with E-state index in [2.05, 4.69) is 0 Å². The van der Waals surface area contributed by atoms with Gasteiger partial charge >= 0.3 is 0 Å². The van der Waals surface area contributed by atoms with Crippen LogP contribution in [-0.2, 0) is 0 Å². The largest absolute Gasteiger partial charge is 0.0533 e. The zero-order chi connectivity index (χ0) is 9.43. The predicted octanol–water partition coefficient (Wildman–Crippen LogP) is 4.54. The van der Waals surface area contributed by atoms with Crippen LogP contribution in [0.4, 0.5) is 0 Å². The fourth-order valence-electron chi connectivity index (χ4n) is 4.52. The normalized spacial score (nSPS) is 33.4. The molecule has 0 spiro atoms. The van der Waals surface area contributed by atoms with Crippen molar-refractivity contribution in [2.45, 2.75) is 70.6 Å². The van der Waals surface area contributed by atoms with E-state index in [1.807, 2.05) is 0 Å². The summed E-state index contributed by atoms with van der Waals surface area (Å²) in [7, 11) is 0. The van der Waals surface area contributed by atoms with Crippen molar-refractivity contribution in [3.05, 3.63) is 0 Å². The molecule has 0 aromatic carbocycles. The summed E-state index contributed by atoms with van der Waals surface area (Å²) in [5.41, 5.74) is 0.875. The van der Waals surface area contributed by atoms with Gasteiger partial charge in [-0.1, -0.05) is 32.1 Å². The van der Waals surface area contributed by atoms with Gasteiger partial charge in [-0.3, -0.25) is 0 Å². The average Bonchev–Trinajstić information content (AvgIpc) is 2.99. The van der Waals surface area contributed by atoms with Crippen molar-refractivity contribution < 1.29 is 0 Å². The molecule has 0 radical (unpaired) electrons. The summed E-state index contributed by atoms with van der Waals surface area (Å²) < 4.78 is 0. The SMILES string of the molecule is C1CCC(C2(C3CC3)CCCC2)CC1. The van der Waals surface area contributed by atoms with E-state index in [1.165, 1.54) is 12.3 Å². The molecule has 14 heavy (non-hydrogen) atoms. The third-order valence-electron chi connectivity index (χ3n) is 5.34. The van der Waals surface area contributed by atoms with Crippen LogP contribution in [0.2, 0.25) is 0 Å². The maximum absolute atomic E-state index is 1.60. The van der Waals surface area contributed by atoms with Crippen molar-refractivity contribution in [2.75, 3.05) is 0 Å². The van der Waals surface area contributed by atoms with E-state index in [4.69, 9.17) is 0 Å². The molecule has 3 saturated carbocycles. The lowest BCUT2D eigenvalue weighted by molar-refractivity contribution is 0.0949. The van der Waals surface area contributed by atoms with Crippen LogP contribution >= 0.6 is 0 Å². The summed E-state index contributed by atoms with van der Waals surface area (Å²) in [6.07, 6.45) is 17.2. The minimum absolute atomic E-state index is 0.875. The lowest BCUT2D eigenvalue weighted by Gasteiger charge is -2.40. The molecule has 0 saturated heterocycles. The minimum atomic E-state index is 0.875. The first-order valence-corrected chi connectivity index (χ1v) is 6.92. The van der Waals surface area contributed by atoms with Gasteiger partial charge in [0.25, 0.3) is 0 Å². The Morgan fingerprint density at radius 3 is 1.71 bits per heavy atom. The van der Waals surface area contributed by atoms with Gasteiger partial charge in [-0.25, -0.2) is 0 Å². The third kappa shape index (κ3) is 1.42. The second-order valence-corrected chi connectivity index (χ2v) is 6.05. The average molecular weight is 192 g/mol. The summed E-state index contributed by atoms with van der Waals surface area (Å²) >= 11 is 0. The van der Waals surface area contributed by atoms with Crippen LogP contribution in [0.15, 0.2) is 0 Å². The Morgan fingerprint density at radius 2 is 1.14 bits per heavy atom. The Hall–Kier alpha value is 0. The fraction of sp³-hybridized carbons (Fsp3) is 1.00. The van der Waals surface area contributed by atoms with E-state index in [0.29, 0.717) is 0 Å². The highest BCUT2D eigenvalue weighted by Crippen LogP contribution is 2.61. The molecular weight excluding hydrogens is 168 g/mol. The van der Waals surface area contributed by atoms with Crippen molar-refractivity contribution >= 4 is 0 Å². The molecule has 0 N–H and O–H groups in total. The molecular formula is C14H24. The van der Waals surface area contributed by atoms with E-state index in [9.17, 15) is 0 Å². The molecule has 3 aliphatic carbocycles. The molecule has 0 aromatic heterocycles. The van der Waals surface area contributed by atoms with Gasteiger partial charge < -0.3 is 0 Å². The number of hydrogen-bond donors (Lipinski definition) is 0. The molecule has 0 heterocycles. The Kier molecular flexibility index (Phi) is 2.34. The molecule has 80 valence electrons. The monoisotopic (exact) mass is 192 g/mol. The smallest absolute Gasteiger partial charge is 0.0241 e. The molecule has 0 nitrogen and oxygen atoms in total. The zero-order valence-corrected chi connectivity index (χ0v) is 9.43. The second kappa shape index (κ2) is 3.54. The highest BCUT2D eigenvalue weighted by Gasteiger charge is 2.50. The standard InChI is InChI=1S/C14H24/c1-2-6-12(7-3-1)14(13-8-9-13)10-4-5-11-14/h12-13H,1-11H2. The van der Waals surface area contributed by atoms with Crippen LogP contribution in [0.5, 0.6) is 0 Å². The van der Waals surface area contributed by atoms with Gasteiger partial charge in [0.05, 0.1) is 0 Å². The maximum atomic E-state index is 1.60. The first-order chi connectivity index (χ1) is 6.92. The van der Waals surface area contributed by atoms with Crippen molar-refractivity contribution in [3.63, 3.8) is 0 Å². The van der Waals surface area contributed by atoms with E-state index >= 15 is 0 Å². The predicted molar refractivity (Wildman–Crippen MR) is 60.2 cm³/mol. The summed E-state index contributed by atoms with van der Waals surface area (Å²) in [4.78, 5) is 0. The molecule has 3 rings (SSSR count). The van der Waals surface area contributed by atoms with Crippen molar-refractivity contribution in [2.24, 2.45) is 17.3 Å². The van der Waals surface area contributed by atoms with Crippen molar-refractivity contribution in [1.82, 2.24) is 0 Å². The molecule has 3 aliphatic rings. The fourth-order valence-corrected chi connectivity index (χ4v) is 4.52. The number of rotatable bonds is 2. The molecule has 3 fully saturated rings.